The number of sulfonamides is 1. The number of rotatable bonds is 6. The smallest absolute Gasteiger partial charge is 0.243 e. The minimum Gasteiger partial charge on any atom is -0.389 e. The Labute approximate surface area is 111 Å². The molecule has 0 bridgehead atoms. The first-order valence-electron chi connectivity index (χ1n) is 5.85. The maximum absolute atomic E-state index is 13.4. The molecule has 0 amide bonds. The predicted octanol–water partition coefficient (Wildman–Crippen LogP) is 1.79. The van der Waals surface area contributed by atoms with Gasteiger partial charge in [0.15, 0.2) is 0 Å². The van der Waals surface area contributed by atoms with Crippen molar-refractivity contribution in [3.05, 3.63) is 29.8 Å². The van der Waals surface area contributed by atoms with Gasteiger partial charge in [0.05, 0.1) is 5.60 Å². The van der Waals surface area contributed by atoms with E-state index in [1.807, 2.05) is 6.92 Å². The molecule has 19 heavy (non-hydrogen) atoms. The molecule has 0 aliphatic carbocycles. The van der Waals surface area contributed by atoms with E-state index in [4.69, 9.17) is 0 Å². The summed E-state index contributed by atoms with van der Waals surface area (Å²) < 4.78 is 52.1. The van der Waals surface area contributed by atoms with Crippen molar-refractivity contribution in [2.24, 2.45) is 0 Å². The summed E-state index contributed by atoms with van der Waals surface area (Å²) in [6.07, 6.45) is 1.06. The second kappa shape index (κ2) is 5.94. The largest absolute Gasteiger partial charge is 0.389 e. The Morgan fingerprint density at radius 2 is 2.00 bits per heavy atom. The van der Waals surface area contributed by atoms with Crippen LogP contribution in [0.4, 0.5) is 8.78 Å². The number of hydrogen-bond acceptors (Lipinski definition) is 3. The van der Waals surface area contributed by atoms with Crippen molar-refractivity contribution in [3.8, 4) is 0 Å². The maximum Gasteiger partial charge on any atom is 0.243 e. The lowest BCUT2D eigenvalue weighted by Crippen LogP contribution is -2.40. The molecule has 0 aliphatic heterocycles. The molecule has 1 aromatic carbocycles. The standard InChI is InChI=1S/C12H17F2NO3S/c1-3-6-12(2,16)8-15-19(17,18)11-7-9(13)4-5-10(11)14/h4-5,7,15-16H,3,6,8H2,1-2H3. The van der Waals surface area contributed by atoms with E-state index in [9.17, 15) is 22.3 Å². The highest BCUT2D eigenvalue weighted by atomic mass is 32.2. The van der Waals surface area contributed by atoms with Gasteiger partial charge in [-0.25, -0.2) is 21.9 Å². The normalized spacial score (nSPS) is 15.2. The highest BCUT2D eigenvalue weighted by molar-refractivity contribution is 7.89. The van der Waals surface area contributed by atoms with Gasteiger partial charge in [-0.3, -0.25) is 0 Å². The minimum atomic E-state index is -4.19. The van der Waals surface area contributed by atoms with Crippen LogP contribution in [-0.4, -0.2) is 25.7 Å². The summed E-state index contributed by atoms with van der Waals surface area (Å²) in [6.45, 7) is 3.05. The Balaban J connectivity index is 2.90. The van der Waals surface area contributed by atoms with Crippen molar-refractivity contribution in [2.75, 3.05) is 6.54 Å². The number of halogens is 2. The van der Waals surface area contributed by atoms with Gasteiger partial charge in [-0.05, 0) is 31.5 Å². The van der Waals surface area contributed by atoms with Crippen LogP contribution < -0.4 is 4.72 Å². The van der Waals surface area contributed by atoms with Crippen LogP contribution >= 0.6 is 0 Å². The van der Waals surface area contributed by atoms with Crippen LogP contribution in [0.25, 0.3) is 0 Å². The van der Waals surface area contributed by atoms with Crippen LogP contribution in [0.2, 0.25) is 0 Å². The molecule has 1 rings (SSSR count). The van der Waals surface area contributed by atoms with E-state index in [2.05, 4.69) is 4.72 Å². The topological polar surface area (TPSA) is 66.4 Å². The van der Waals surface area contributed by atoms with Crippen LogP contribution in [0.3, 0.4) is 0 Å². The average molecular weight is 293 g/mol. The summed E-state index contributed by atoms with van der Waals surface area (Å²) in [5.74, 6) is -1.88. The first-order chi connectivity index (χ1) is 8.68. The molecule has 0 aliphatic rings. The van der Waals surface area contributed by atoms with Gasteiger partial charge in [-0.1, -0.05) is 13.3 Å². The highest BCUT2D eigenvalue weighted by Crippen LogP contribution is 2.17. The molecule has 108 valence electrons. The molecule has 0 radical (unpaired) electrons. The first kappa shape index (κ1) is 16.0. The SMILES string of the molecule is CCCC(C)(O)CNS(=O)(=O)c1cc(F)ccc1F. The zero-order chi connectivity index (χ0) is 14.7. The van der Waals surface area contributed by atoms with Crippen LogP contribution in [0, 0.1) is 11.6 Å². The first-order valence-corrected chi connectivity index (χ1v) is 7.33. The van der Waals surface area contributed by atoms with Gasteiger partial charge in [0.1, 0.15) is 16.5 Å². The van der Waals surface area contributed by atoms with E-state index in [0.29, 0.717) is 18.9 Å². The fraction of sp³-hybridized carbons (Fsp3) is 0.500. The molecule has 4 nitrogen and oxygen atoms in total. The highest BCUT2D eigenvalue weighted by Gasteiger charge is 2.25. The van der Waals surface area contributed by atoms with Crippen molar-refractivity contribution in [2.45, 2.75) is 37.2 Å². The van der Waals surface area contributed by atoms with Crippen LogP contribution in [0.1, 0.15) is 26.7 Å². The summed E-state index contributed by atoms with van der Waals surface area (Å²) in [5, 5.41) is 9.85. The third-order valence-electron chi connectivity index (χ3n) is 2.61. The monoisotopic (exact) mass is 293 g/mol. The van der Waals surface area contributed by atoms with Crippen molar-refractivity contribution >= 4 is 10.0 Å². The van der Waals surface area contributed by atoms with Crippen molar-refractivity contribution in [1.29, 1.82) is 0 Å². The molecule has 0 heterocycles. The molecule has 1 atom stereocenters. The van der Waals surface area contributed by atoms with Gasteiger partial charge in [-0.2, -0.15) is 0 Å². The van der Waals surface area contributed by atoms with Crippen molar-refractivity contribution in [1.82, 2.24) is 4.72 Å². The van der Waals surface area contributed by atoms with E-state index in [1.54, 1.807) is 0 Å². The van der Waals surface area contributed by atoms with Crippen LogP contribution in [-0.2, 0) is 10.0 Å². The van der Waals surface area contributed by atoms with Gasteiger partial charge in [0.2, 0.25) is 10.0 Å². The average Bonchev–Trinajstić information content (AvgIpc) is 2.30. The molecule has 0 spiro atoms. The number of benzene rings is 1. The fourth-order valence-electron chi connectivity index (χ4n) is 1.64. The lowest BCUT2D eigenvalue weighted by molar-refractivity contribution is 0.0554. The lowest BCUT2D eigenvalue weighted by atomic mass is 10.0. The summed E-state index contributed by atoms with van der Waals surface area (Å²) in [5.41, 5.74) is -1.23. The second-order valence-corrected chi connectivity index (χ2v) is 6.38. The van der Waals surface area contributed by atoms with Crippen LogP contribution in [0.15, 0.2) is 23.1 Å². The zero-order valence-corrected chi connectivity index (χ0v) is 11.6. The van der Waals surface area contributed by atoms with E-state index in [0.717, 1.165) is 12.1 Å². The van der Waals surface area contributed by atoms with E-state index in [1.165, 1.54) is 6.92 Å². The Kier molecular flexibility index (Phi) is 5.00. The third-order valence-corrected chi connectivity index (χ3v) is 4.03. The van der Waals surface area contributed by atoms with Crippen molar-refractivity contribution < 1.29 is 22.3 Å². The Morgan fingerprint density at radius 1 is 1.37 bits per heavy atom. The predicted molar refractivity (Wildman–Crippen MR) is 67.1 cm³/mol. The fourth-order valence-corrected chi connectivity index (χ4v) is 2.89. The van der Waals surface area contributed by atoms with Gasteiger partial charge in [-0.15, -0.1) is 0 Å². The molecule has 1 aromatic rings. The molecular formula is C12H17F2NO3S. The summed E-state index contributed by atoms with van der Waals surface area (Å²) in [4.78, 5) is -0.764. The third kappa shape index (κ3) is 4.52. The van der Waals surface area contributed by atoms with Crippen LogP contribution in [0.5, 0.6) is 0 Å². The Hall–Kier alpha value is -1.05. The second-order valence-electron chi connectivity index (χ2n) is 4.65. The quantitative estimate of drug-likeness (QED) is 0.840. The van der Waals surface area contributed by atoms with E-state index in [-0.39, 0.29) is 6.54 Å². The number of aliphatic hydroxyl groups is 1. The number of nitrogens with one attached hydrogen (secondary N) is 1. The lowest BCUT2D eigenvalue weighted by Gasteiger charge is -2.22. The maximum atomic E-state index is 13.4. The zero-order valence-electron chi connectivity index (χ0n) is 10.8. The Bertz CT molecular complexity index is 544. The van der Waals surface area contributed by atoms with E-state index < -0.39 is 32.2 Å². The molecule has 0 aromatic heterocycles. The summed E-state index contributed by atoms with van der Waals surface area (Å²) >= 11 is 0. The van der Waals surface area contributed by atoms with Gasteiger partial charge >= 0.3 is 0 Å². The van der Waals surface area contributed by atoms with Gasteiger partial charge < -0.3 is 5.11 Å². The molecule has 0 fully saturated rings. The molecular weight excluding hydrogens is 276 g/mol. The number of hydrogen-bond donors (Lipinski definition) is 2. The molecule has 7 heteroatoms. The minimum absolute atomic E-state index is 0.265. The molecule has 2 N–H and O–H groups in total. The van der Waals surface area contributed by atoms with Gasteiger partial charge in [0, 0.05) is 6.54 Å². The van der Waals surface area contributed by atoms with Gasteiger partial charge in [0.25, 0.3) is 0 Å². The summed E-state index contributed by atoms with van der Waals surface area (Å²) in [7, 11) is -4.19. The summed E-state index contributed by atoms with van der Waals surface area (Å²) in [6, 6.07) is 2.18. The van der Waals surface area contributed by atoms with Crippen molar-refractivity contribution in [3.63, 3.8) is 0 Å². The van der Waals surface area contributed by atoms with E-state index >= 15 is 0 Å². The molecule has 0 saturated heterocycles. The molecule has 1 unspecified atom stereocenters. The molecule has 0 saturated carbocycles. The Morgan fingerprint density at radius 3 is 2.58 bits per heavy atom.